The monoisotopic (exact) mass is 174 g/mol. The van der Waals surface area contributed by atoms with E-state index in [1.165, 1.54) is 0 Å². The van der Waals surface area contributed by atoms with Crippen LogP contribution >= 0.6 is 0 Å². The van der Waals surface area contributed by atoms with Crippen molar-refractivity contribution in [2.24, 2.45) is 0 Å². The van der Waals surface area contributed by atoms with Crippen molar-refractivity contribution in [2.45, 2.75) is 31.5 Å². The van der Waals surface area contributed by atoms with Crippen molar-refractivity contribution in [3.8, 4) is 0 Å². The van der Waals surface area contributed by atoms with Gasteiger partial charge in [0.2, 0.25) is 0 Å². The molecule has 0 amide bonds. The standard InChI is InChI=1S/C8H14O4/c1-3-4-11-8-7(10)6(9)5(2)12-8/h3,5-10H,1,4H2,2H3/t5-,6+,7-,8-/m1/s1. The minimum absolute atomic E-state index is 0.307. The molecule has 0 bridgehead atoms. The highest BCUT2D eigenvalue weighted by atomic mass is 16.7. The lowest BCUT2D eigenvalue weighted by Gasteiger charge is -2.13. The molecule has 4 nitrogen and oxygen atoms in total. The van der Waals surface area contributed by atoms with E-state index in [0.29, 0.717) is 6.61 Å². The van der Waals surface area contributed by atoms with Crippen LogP contribution in [-0.4, -0.2) is 41.4 Å². The van der Waals surface area contributed by atoms with Gasteiger partial charge in [0.1, 0.15) is 12.2 Å². The number of hydrogen-bond donors (Lipinski definition) is 2. The Morgan fingerprint density at radius 2 is 2.17 bits per heavy atom. The fourth-order valence-electron chi connectivity index (χ4n) is 1.11. The maximum atomic E-state index is 9.32. The molecule has 1 saturated heterocycles. The third-order valence-electron chi connectivity index (χ3n) is 1.84. The molecule has 1 rings (SSSR count). The average molecular weight is 174 g/mol. The highest BCUT2D eigenvalue weighted by molar-refractivity contribution is 4.84. The van der Waals surface area contributed by atoms with Crippen molar-refractivity contribution < 1.29 is 19.7 Å². The van der Waals surface area contributed by atoms with E-state index in [4.69, 9.17) is 9.47 Å². The van der Waals surface area contributed by atoms with E-state index in [2.05, 4.69) is 6.58 Å². The first-order valence-corrected chi connectivity index (χ1v) is 3.91. The van der Waals surface area contributed by atoms with Gasteiger partial charge >= 0.3 is 0 Å². The summed E-state index contributed by atoms with van der Waals surface area (Å²) < 4.78 is 10.2. The van der Waals surface area contributed by atoms with E-state index >= 15 is 0 Å². The summed E-state index contributed by atoms with van der Waals surface area (Å²) in [7, 11) is 0. The number of rotatable bonds is 3. The Hall–Kier alpha value is -0.420. The van der Waals surface area contributed by atoms with Crippen LogP contribution in [0.2, 0.25) is 0 Å². The smallest absolute Gasteiger partial charge is 0.186 e. The Bertz CT molecular complexity index is 159. The molecule has 0 aromatic heterocycles. The van der Waals surface area contributed by atoms with Gasteiger partial charge in [-0.2, -0.15) is 0 Å². The second-order valence-electron chi connectivity index (χ2n) is 2.81. The average Bonchev–Trinajstić information content (AvgIpc) is 2.30. The quantitative estimate of drug-likeness (QED) is 0.574. The van der Waals surface area contributed by atoms with Gasteiger partial charge in [-0.15, -0.1) is 6.58 Å². The maximum absolute atomic E-state index is 9.32. The van der Waals surface area contributed by atoms with Gasteiger partial charge in [0, 0.05) is 0 Å². The van der Waals surface area contributed by atoms with Gasteiger partial charge in [0.05, 0.1) is 12.7 Å². The summed E-state index contributed by atoms with van der Waals surface area (Å²) in [6.45, 7) is 5.45. The van der Waals surface area contributed by atoms with Crippen molar-refractivity contribution in [3.63, 3.8) is 0 Å². The second kappa shape index (κ2) is 4.00. The third kappa shape index (κ3) is 1.84. The van der Waals surface area contributed by atoms with Crippen molar-refractivity contribution in [3.05, 3.63) is 12.7 Å². The summed E-state index contributed by atoms with van der Waals surface area (Å²) in [6.07, 6.45) is -1.37. The summed E-state index contributed by atoms with van der Waals surface area (Å²) in [5.41, 5.74) is 0. The maximum Gasteiger partial charge on any atom is 0.186 e. The third-order valence-corrected chi connectivity index (χ3v) is 1.84. The van der Waals surface area contributed by atoms with Crippen LogP contribution < -0.4 is 0 Å². The van der Waals surface area contributed by atoms with E-state index in [0.717, 1.165) is 0 Å². The van der Waals surface area contributed by atoms with Gasteiger partial charge < -0.3 is 19.7 Å². The van der Waals surface area contributed by atoms with E-state index < -0.39 is 18.5 Å². The molecule has 1 aliphatic rings. The van der Waals surface area contributed by atoms with E-state index in [9.17, 15) is 10.2 Å². The minimum atomic E-state index is -0.958. The molecule has 4 atom stereocenters. The van der Waals surface area contributed by atoms with Crippen LogP contribution in [0.3, 0.4) is 0 Å². The number of aliphatic hydroxyl groups is 2. The predicted octanol–water partition coefficient (Wildman–Crippen LogP) is -0.344. The summed E-state index contributed by atoms with van der Waals surface area (Å²) in [6, 6.07) is 0. The van der Waals surface area contributed by atoms with Crippen LogP contribution in [0.5, 0.6) is 0 Å². The van der Waals surface area contributed by atoms with E-state index in [-0.39, 0.29) is 6.10 Å². The molecule has 0 saturated carbocycles. The summed E-state index contributed by atoms with van der Waals surface area (Å²) >= 11 is 0. The Balaban J connectivity index is 2.41. The van der Waals surface area contributed by atoms with Gasteiger partial charge in [0.15, 0.2) is 6.29 Å². The number of hydrogen-bond acceptors (Lipinski definition) is 4. The Morgan fingerprint density at radius 1 is 1.50 bits per heavy atom. The first-order chi connectivity index (χ1) is 5.66. The Morgan fingerprint density at radius 3 is 2.58 bits per heavy atom. The van der Waals surface area contributed by atoms with Crippen molar-refractivity contribution in [1.29, 1.82) is 0 Å². The molecule has 0 aliphatic carbocycles. The fourth-order valence-corrected chi connectivity index (χ4v) is 1.11. The van der Waals surface area contributed by atoms with Gasteiger partial charge in [-0.05, 0) is 6.92 Å². The molecule has 0 unspecified atom stereocenters. The van der Waals surface area contributed by atoms with Crippen molar-refractivity contribution in [1.82, 2.24) is 0 Å². The number of ether oxygens (including phenoxy) is 2. The zero-order valence-corrected chi connectivity index (χ0v) is 7.01. The Labute approximate surface area is 71.4 Å². The molecule has 0 radical (unpaired) electrons. The number of aliphatic hydroxyl groups excluding tert-OH is 2. The molecule has 12 heavy (non-hydrogen) atoms. The van der Waals surface area contributed by atoms with Crippen LogP contribution in [0, 0.1) is 0 Å². The largest absolute Gasteiger partial charge is 0.388 e. The predicted molar refractivity (Wildman–Crippen MR) is 42.5 cm³/mol. The van der Waals surface area contributed by atoms with E-state index in [1.54, 1.807) is 13.0 Å². The Kier molecular flexibility index (Phi) is 3.22. The molecule has 70 valence electrons. The van der Waals surface area contributed by atoms with E-state index in [1.807, 2.05) is 0 Å². The lowest BCUT2D eigenvalue weighted by Crippen LogP contribution is -2.32. The molecule has 1 fully saturated rings. The normalized spacial score (nSPS) is 41.6. The van der Waals surface area contributed by atoms with Crippen LogP contribution in [0.1, 0.15) is 6.92 Å². The molecule has 0 aromatic carbocycles. The highest BCUT2D eigenvalue weighted by Crippen LogP contribution is 2.21. The van der Waals surface area contributed by atoms with Crippen molar-refractivity contribution >= 4 is 0 Å². The zero-order valence-electron chi connectivity index (χ0n) is 7.01. The molecular formula is C8H14O4. The fraction of sp³-hybridized carbons (Fsp3) is 0.750. The summed E-state index contributed by atoms with van der Waals surface area (Å²) in [4.78, 5) is 0. The first-order valence-electron chi connectivity index (χ1n) is 3.91. The van der Waals surface area contributed by atoms with Crippen LogP contribution in [0.4, 0.5) is 0 Å². The minimum Gasteiger partial charge on any atom is -0.388 e. The molecule has 1 heterocycles. The lowest BCUT2D eigenvalue weighted by atomic mass is 10.2. The van der Waals surface area contributed by atoms with Crippen LogP contribution in [0.15, 0.2) is 12.7 Å². The molecule has 2 N–H and O–H groups in total. The summed E-state index contributed by atoms with van der Waals surface area (Å²) in [5.74, 6) is 0. The molecule has 0 spiro atoms. The summed E-state index contributed by atoms with van der Waals surface area (Å²) in [5, 5.41) is 18.6. The molecular weight excluding hydrogens is 160 g/mol. The SMILES string of the molecule is C=CCO[C@@H]1O[C@H](C)[C@H](O)[C@H]1O. The highest BCUT2D eigenvalue weighted by Gasteiger charge is 2.40. The second-order valence-corrected chi connectivity index (χ2v) is 2.81. The van der Waals surface area contributed by atoms with Crippen molar-refractivity contribution in [2.75, 3.05) is 6.61 Å². The molecule has 1 aliphatic heterocycles. The van der Waals surface area contributed by atoms with Gasteiger partial charge in [0.25, 0.3) is 0 Å². The van der Waals surface area contributed by atoms with Gasteiger partial charge in [-0.3, -0.25) is 0 Å². The molecule has 0 aromatic rings. The van der Waals surface area contributed by atoms with Crippen LogP contribution in [0.25, 0.3) is 0 Å². The van der Waals surface area contributed by atoms with Gasteiger partial charge in [-0.25, -0.2) is 0 Å². The lowest BCUT2D eigenvalue weighted by molar-refractivity contribution is -0.156. The topological polar surface area (TPSA) is 58.9 Å². The zero-order chi connectivity index (χ0) is 9.14. The first kappa shape index (κ1) is 9.67. The molecule has 4 heteroatoms. The van der Waals surface area contributed by atoms with Gasteiger partial charge in [-0.1, -0.05) is 6.08 Å². The van der Waals surface area contributed by atoms with Crippen LogP contribution in [-0.2, 0) is 9.47 Å².